The summed E-state index contributed by atoms with van der Waals surface area (Å²) in [4.78, 5) is 11.4. The highest BCUT2D eigenvalue weighted by Crippen LogP contribution is 2.10. The van der Waals surface area contributed by atoms with E-state index >= 15 is 0 Å². The van der Waals surface area contributed by atoms with Crippen LogP contribution in [-0.4, -0.2) is 23.7 Å². The summed E-state index contributed by atoms with van der Waals surface area (Å²) in [6.07, 6.45) is -0.235. The number of aliphatic hydroxyl groups excluding tert-OH is 1. The van der Waals surface area contributed by atoms with Crippen LogP contribution in [0.15, 0.2) is 24.3 Å². The van der Waals surface area contributed by atoms with Crippen LogP contribution in [0, 0.1) is 0 Å². The Morgan fingerprint density at radius 2 is 2.33 bits per heavy atom. The molecule has 0 aliphatic carbocycles. The van der Waals surface area contributed by atoms with Gasteiger partial charge in [-0.2, -0.15) is 0 Å². The van der Waals surface area contributed by atoms with E-state index in [0.29, 0.717) is 5.02 Å². The first-order chi connectivity index (χ1) is 7.08. The Balaban J connectivity index is 2.44. The molecule has 3 nitrogen and oxygen atoms in total. The number of hydrogen-bond acceptors (Lipinski definition) is 2. The standard InChI is InChI=1S/C11H14ClNO2/c1-8(14)7-13-11(15)6-9-3-2-4-10(12)5-9/h2-5,8,14H,6-7H2,1H3,(H,13,15)/t8-/m0/s1. The Morgan fingerprint density at radius 3 is 2.93 bits per heavy atom. The first-order valence-corrected chi connectivity index (χ1v) is 5.15. The van der Waals surface area contributed by atoms with Gasteiger partial charge in [0.1, 0.15) is 0 Å². The second-order valence-corrected chi connectivity index (χ2v) is 3.90. The van der Waals surface area contributed by atoms with Crippen molar-refractivity contribution in [2.24, 2.45) is 0 Å². The van der Waals surface area contributed by atoms with Gasteiger partial charge in [0.15, 0.2) is 0 Å². The van der Waals surface area contributed by atoms with Crippen molar-refractivity contribution >= 4 is 17.5 Å². The lowest BCUT2D eigenvalue weighted by Crippen LogP contribution is -2.31. The number of benzene rings is 1. The second kappa shape index (κ2) is 5.73. The maximum atomic E-state index is 11.4. The summed E-state index contributed by atoms with van der Waals surface area (Å²) in [5, 5.41) is 12.2. The van der Waals surface area contributed by atoms with Crippen LogP contribution in [0.4, 0.5) is 0 Å². The molecule has 0 heterocycles. The lowest BCUT2D eigenvalue weighted by molar-refractivity contribution is -0.120. The predicted octanol–water partition coefficient (Wildman–Crippen LogP) is 1.38. The van der Waals surface area contributed by atoms with Crippen LogP contribution in [0.25, 0.3) is 0 Å². The molecule has 1 amide bonds. The minimum absolute atomic E-state index is 0.113. The van der Waals surface area contributed by atoms with Crippen molar-refractivity contribution < 1.29 is 9.90 Å². The molecular formula is C11H14ClNO2. The number of carbonyl (C=O) groups excluding carboxylic acids is 1. The zero-order chi connectivity index (χ0) is 11.3. The fourth-order valence-corrected chi connectivity index (χ4v) is 1.37. The average molecular weight is 228 g/mol. The molecule has 1 atom stereocenters. The smallest absolute Gasteiger partial charge is 0.224 e. The minimum atomic E-state index is -0.520. The SMILES string of the molecule is C[C@H](O)CNC(=O)Cc1cccc(Cl)c1. The first-order valence-electron chi connectivity index (χ1n) is 4.77. The van der Waals surface area contributed by atoms with Gasteiger partial charge in [-0.25, -0.2) is 0 Å². The number of rotatable bonds is 4. The lowest BCUT2D eigenvalue weighted by atomic mass is 10.1. The quantitative estimate of drug-likeness (QED) is 0.817. The van der Waals surface area contributed by atoms with E-state index in [2.05, 4.69) is 5.32 Å². The van der Waals surface area contributed by atoms with E-state index in [1.54, 1.807) is 25.1 Å². The molecule has 0 fully saturated rings. The van der Waals surface area contributed by atoms with Crippen molar-refractivity contribution in [3.05, 3.63) is 34.9 Å². The zero-order valence-electron chi connectivity index (χ0n) is 8.53. The van der Waals surface area contributed by atoms with E-state index in [9.17, 15) is 4.79 Å². The van der Waals surface area contributed by atoms with Crippen LogP contribution in [0.3, 0.4) is 0 Å². The van der Waals surface area contributed by atoms with Crippen molar-refractivity contribution in [1.29, 1.82) is 0 Å². The van der Waals surface area contributed by atoms with Gasteiger partial charge in [-0.05, 0) is 24.6 Å². The van der Waals surface area contributed by atoms with Gasteiger partial charge >= 0.3 is 0 Å². The number of nitrogens with one attached hydrogen (secondary N) is 1. The molecule has 0 saturated carbocycles. The van der Waals surface area contributed by atoms with E-state index in [0.717, 1.165) is 5.56 Å². The lowest BCUT2D eigenvalue weighted by Gasteiger charge is -2.07. The Bertz CT molecular complexity index is 339. The van der Waals surface area contributed by atoms with Crippen LogP contribution in [0.2, 0.25) is 5.02 Å². The molecule has 0 bridgehead atoms. The molecule has 0 spiro atoms. The summed E-state index contributed by atoms with van der Waals surface area (Å²) >= 11 is 5.78. The predicted molar refractivity (Wildman–Crippen MR) is 59.8 cm³/mol. The summed E-state index contributed by atoms with van der Waals surface area (Å²) in [6, 6.07) is 7.16. The molecule has 2 N–H and O–H groups in total. The number of amides is 1. The van der Waals surface area contributed by atoms with Gasteiger partial charge in [-0.15, -0.1) is 0 Å². The molecule has 82 valence electrons. The van der Waals surface area contributed by atoms with Gasteiger partial charge in [-0.3, -0.25) is 4.79 Å². The molecule has 0 aromatic heterocycles. The van der Waals surface area contributed by atoms with E-state index in [1.807, 2.05) is 6.07 Å². The van der Waals surface area contributed by atoms with E-state index in [4.69, 9.17) is 16.7 Å². The highest BCUT2D eigenvalue weighted by molar-refractivity contribution is 6.30. The Morgan fingerprint density at radius 1 is 1.60 bits per heavy atom. The number of hydrogen-bond donors (Lipinski definition) is 2. The molecule has 1 rings (SSSR count). The number of aliphatic hydroxyl groups is 1. The molecule has 0 aliphatic rings. The molecule has 4 heteroatoms. The molecule has 0 radical (unpaired) electrons. The third-order valence-electron chi connectivity index (χ3n) is 1.85. The maximum absolute atomic E-state index is 11.4. The summed E-state index contributed by atoms with van der Waals surface area (Å²) in [5.41, 5.74) is 0.866. The van der Waals surface area contributed by atoms with Crippen LogP contribution in [-0.2, 0) is 11.2 Å². The topological polar surface area (TPSA) is 49.3 Å². The highest BCUT2D eigenvalue weighted by Gasteiger charge is 2.04. The molecular weight excluding hydrogens is 214 g/mol. The van der Waals surface area contributed by atoms with Gasteiger partial charge < -0.3 is 10.4 Å². The minimum Gasteiger partial charge on any atom is -0.392 e. The fraction of sp³-hybridized carbons (Fsp3) is 0.364. The van der Waals surface area contributed by atoms with Crippen LogP contribution >= 0.6 is 11.6 Å². The monoisotopic (exact) mass is 227 g/mol. The van der Waals surface area contributed by atoms with Gasteiger partial charge in [0.25, 0.3) is 0 Å². The molecule has 15 heavy (non-hydrogen) atoms. The van der Waals surface area contributed by atoms with E-state index < -0.39 is 6.10 Å². The van der Waals surface area contributed by atoms with Crippen molar-refractivity contribution in [2.75, 3.05) is 6.54 Å². The van der Waals surface area contributed by atoms with Crippen molar-refractivity contribution in [3.8, 4) is 0 Å². The number of carbonyl (C=O) groups is 1. The summed E-state index contributed by atoms with van der Waals surface area (Å²) < 4.78 is 0. The molecule has 1 aromatic carbocycles. The second-order valence-electron chi connectivity index (χ2n) is 3.46. The van der Waals surface area contributed by atoms with Gasteiger partial charge in [0.05, 0.1) is 12.5 Å². The van der Waals surface area contributed by atoms with E-state index in [-0.39, 0.29) is 18.9 Å². The van der Waals surface area contributed by atoms with Crippen LogP contribution < -0.4 is 5.32 Å². The van der Waals surface area contributed by atoms with E-state index in [1.165, 1.54) is 0 Å². The molecule has 1 aromatic rings. The Kier molecular flexibility index (Phi) is 4.59. The number of halogens is 1. The third-order valence-corrected chi connectivity index (χ3v) is 2.08. The molecule has 0 aliphatic heterocycles. The van der Waals surface area contributed by atoms with Crippen LogP contribution in [0.1, 0.15) is 12.5 Å². The van der Waals surface area contributed by atoms with Crippen molar-refractivity contribution in [2.45, 2.75) is 19.4 Å². The van der Waals surface area contributed by atoms with Crippen LogP contribution in [0.5, 0.6) is 0 Å². The maximum Gasteiger partial charge on any atom is 0.224 e. The van der Waals surface area contributed by atoms with Crippen molar-refractivity contribution in [3.63, 3.8) is 0 Å². The average Bonchev–Trinajstić information content (AvgIpc) is 2.15. The normalized spacial score (nSPS) is 12.2. The summed E-state index contributed by atoms with van der Waals surface area (Å²) in [7, 11) is 0. The van der Waals surface area contributed by atoms with Crippen molar-refractivity contribution in [1.82, 2.24) is 5.32 Å². The summed E-state index contributed by atoms with van der Waals surface area (Å²) in [5.74, 6) is -0.113. The third kappa shape index (κ3) is 4.81. The van der Waals surface area contributed by atoms with Gasteiger partial charge in [-0.1, -0.05) is 23.7 Å². The highest BCUT2D eigenvalue weighted by atomic mass is 35.5. The summed E-state index contributed by atoms with van der Waals surface area (Å²) in [6.45, 7) is 1.90. The molecule has 0 unspecified atom stereocenters. The first kappa shape index (κ1) is 12.0. The van der Waals surface area contributed by atoms with Gasteiger partial charge in [0, 0.05) is 11.6 Å². The Hall–Kier alpha value is -1.06. The zero-order valence-corrected chi connectivity index (χ0v) is 9.29. The largest absolute Gasteiger partial charge is 0.392 e. The van der Waals surface area contributed by atoms with Gasteiger partial charge in [0.2, 0.25) is 5.91 Å². The Labute approximate surface area is 94.1 Å². The fourth-order valence-electron chi connectivity index (χ4n) is 1.16. The molecule has 0 saturated heterocycles.